The van der Waals surface area contributed by atoms with Gasteiger partial charge in [-0.1, -0.05) is 29.3 Å². The van der Waals surface area contributed by atoms with Gasteiger partial charge >= 0.3 is 0 Å². The molecule has 17 heavy (non-hydrogen) atoms. The Hall–Kier alpha value is -2.09. The first-order valence-electron chi connectivity index (χ1n) is 5.75. The Labute approximate surface area is 100 Å². The van der Waals surface area contributed by atoms with Crippen molar-refractivity contribution in [3.63, 3.8) is 0 Å². The Morgan fingerprint density at radius 3 is 2.53 bits per heavy atom. The van der Waals surface area contributed by atoms with Gasteiger partial charge in [0.1, 0.15) is 5.65 Å². The maximum Gasteiger partial charge on any atom is 0.137 e. The number of aryl methyl sites for hydroxylation is 2. The van der Waals surface area contributed by atoms with Crippen LogP contribution in [0, 0.1) is 13.8 Å². The molecule has 2 heteroatoms. The molecule has 1 N–H and O–H groups in total. The smallest absolute Gasteiger partial charge is 0.137 e. The van der Waals surface area contributed by atoms with Crippen molar-refractivity contribution in [3.8, 4) is 11.1 Å². The minimum atomic E-state index is 0.946. The molecule has 0 spiro atoms. The van der Waals surface area contributed by atoms with Crippen LogP contribution in [0.15, 0.2) is 42.7 Å². The minimum Gasteiger partial charge on any atom is -0.346 e. The van der Waals surface area contributed by atoms with Crippen LogP contribution in [-0.4, -0.2) is 9.97 Å². The Morgan fingerprint density at radius 1 is 1.00 bits per heavy atom. The molecule has 0 saturated heterocycles. The topological polar surface area (TPSA) is 28.7 Å². The van der Waals surface area contributed by atoms with E-state index in [1.807, 2.05) is 12.4 Å². The first-order valence-corrected chi connectivity index (χ1v) is 5.75. The lowest BCUT2D eigenvalue weighted by Crippen LogP contribution is -1.85. The molecule has 0 fully saturated rings. The highest BCUT2D eigenvalue weighted by Gasteiger charge is 2.05. The van der Waals surface area contributed by atoms with Crippen molar-refractivity contribution in [1.82, 2.24) is 9.97 Å². The third kappa shape index (κ3) is 1.72. The normalized spacial score (nSPS) is 10.9. The summed E-state index contributed by atoms with van der Waals surface area (Å²) in [7, 11) is 0. The lowest BCUT2D eigenvalue weighted by molar-refractivity contribution is 1.32. The third-order valence-corrected chi connectivity index (χ3v) is 2.99. The predicted octanol–water partition coefficient (Wildman–Crippen LogP) is 3.85. The van der Waals surface area contributed by atoms with Crippen LogP contribution in [0.1, 0.15) is 11.1 Å². The molecular formula is C15H14N2. The van der Waals surface area contributed by atoms with Gasteiger partial charge < -0.3 is 4.98 Å². The van der Waals surface area contributed by atoms with Crippen LogP contribution >= 0.6 is 0 Å². The summed E-state index contributed by atoms with van der Waals surface area (Å²) < 4.78 is 0. The molecule has 0 aliphatic rings. The van der Waals surface area contributed by atoms with Gasteiger partial charge in [-0.15, -0.1) is 0 Å². The van der Waals surface area contributed by atoms with E-state index < -0.39 is 0 Å². The van der Waals surface area contributed by atoms with E-state index >= 15 is 0 Å². The molecule has 0 saturated carbocycles. The van der Waals surface area contributed by atoms with E-state index in [1.54, 1.807) is 0 Å². The van der Waals surface area contributed by atoms with Crippen LogP contribution < -0.4 is 0 Å². The number of fused-ring (bicyclic) bond motifs is 1. The van der Waals surface area contributed by atoms with E-state index in [-0.39, 0.29) is 0 Å². The van der Waals surface area contributed by atoms with Crippen molar-refractivity contribution in [2.45, 2.75) is 13.8 Å². The number of hydrogen-bond acceptors (Lipinski definition) is 1. The number of H-pyrrole nitrogens is 1. The van der Waals surface area contributed by atoms with Crippen LogP contribution in [0.3, 0.4) is 0 Å². The van der Waals surface area contributed by atoms with Crippen LogP contribution in [0.25, 0.3) is 22.2 Å². The molecule has 0 atom stereocenters. The third-order valence-electron chi connectivity index (χ3n) is 2.99. The van der Waals surface area contributed by atoms with Crippen molar-refractivity contribution in [3.05, 3.63) is 53.9 Å². The van der Waals surface area contributed by atoms with E-state index in [0.29, 0.717) is 0 Å². The monoisotopic (exact) mass is 222 g/mol. The molecule has 3 aromatic rings. The highest BCUT2D eigenvalue weighted by Crippen LogP contribution is 2.28. The lowest BCUT2D eigenvalue weighted by Gasteiger charge is -2.06. The molecule has 0 amide bonds. The molecule has 84 valence electrons. The fourth-order valence-corrected chi connectivity index (χ4v) is 2.34. The quantitative estimate of drug-likeness (QED) is 0.665. The summed E-state index contributed by atoms with van der Waals surface area (Å²) in [5.41, 5.74) is 6.03. The summed E-state index contributed by atoms with van der Waals surface area (Å²) in [5.74, 6) is 0. The zero-order valence-electron chi connectivity index (χ0n) is 9.99. The van der Waals surface area contributed by atoms with Crippen molar-refractivity contribution >= 4 is 11.0 Å². The number of aromatic amines is 1. The standard InChI is InChI=1S/C15H14N2/c1-10-7-11(2)9-12(8-10)13-3-5-16-15-14(13)4-6-17-15/h3-9H,1-2H3,(H,16,17). The predicted molar refractivity (Wildman–Crippen MR) is 71.0 cm³/mol. The molecule has 0 bridgehead atoms. The van der Waals surface area contributed by atoms with E-state index in [4.69, 9.17) is 0 Å². The minimum absolute atomic E-state index is 0.946. The fourth-order valence-electron chi connectivity index (χ4n) is 2.34. The zero-order chi connectivity index (χ0) is 11.8. The molecule has 3 rings (SSSR count). The van der Waals surface area contributed by atoms with E-state index in [2.05, 4.69) is 54.1 Å². The molecule has 0 aliphatic carbocycles. The second-order valence-electron chi connectivity index (χ2n) is 4.47. The van der Waals surface area contributed by atoms with Crippen LogP contribution in [-0.2, 0) is 0 Å². The molecule has 1 aromatic carbocycles. The van der Waals surface area contributed by atoms with Crippen molar-refractivity contribution in [2.75, 3.05) is 0 Å². The molecule has 0 unspecified atom stereocenters. The molecule has 2 nitrogen and oxygen atoms in total. The average Bonchev–Trinajstić information content (AvgIpc) is 2.75. The SMILES string of the molecule is Cc1cc(C)cc(-c2ccnc3[nH]ccc23)c1. The van der Waals surface area contributed by atoms with Crippen LogP contribution in [0.4, 0.5) is 0 Å². The second-order valence-corrected chi connectivity index (χ2v) is 4.47. The first kappa shape index (κ1) is 10.1. The number of rotatable bonds is 1. The Kier molecular flexibility index (Phi) is 2.22. The van der Waals surface area contributed by atoms with Crippen molar-refractivity contribution < 1.29 is 0 Å². The fraction of sp³-hybridized carbons (Fsp3) is 0.133. The van der Waals surface area contributed by atoms with Gasteiger partial charge in [0, 0.05) is 17.8 Å². The van der Waals surface area contributed by atoms with E-state index in [0.717, 1.165) is 5.65 Å². The van der Waals surface area contributed by atoms with Gasteiger partial charge in [0.2, 0.25) is 0 Å². The highest BCUT2D eigenvalue weighted by atomic mass is 14.8. The van der Waals surface area contributed by atoms with Crippen molar-refractivity contribution in [2.24, 2.45) is 0 Å². The van der Waals surface area contributed by atoms with Gasteiger partial charge in [0.15, 0.2) is 0 Å². The average molecular weight is 222 g/mol. The van der Waals surface area contributed by atoms with E-state index in [9.17, 15) is 0 Å². The number of pyridine rings is 1. The number of hydrogen-bond donors (Lipinski definition) is 1. The summed E-state index contributed by atoms with van der Waals surface area (Å²) in [4.78, 5) is 7.46. The highest BCUT2D eigenvalue weighted by molar-refractivity contribution is 5.92. The maximum atomic E-state index is 4.32. The van der Waals surface area contributed by atoms with Gasteiger partial charge in [-0.05, 0) is 37.1 Å². The molecular weight excluding hydrogens is 208 g/mol. The van der Waals surface area contributed by atoms with Crippen molar-refractivity contribution in [1.29, 1.82) is 0 Å². The Morgan fingerprint density at radius 2 is 1.76 bits per heavy atom. The lowest BCUT2D eigenvalue weighted by atomic mass is 9.99. The Balaban J connectivity index is 2.30. The largest absolute Gasteiger partial charge is 0.346 e. The summed E-state index contributed by atoms with van der Waals surface area (Å²) in [6.07, 6.45) is 3.79. The van der Waals surface area contributed by atoms with Crippen LogP contribution in [0.5, 0.6) is 0 Å². The zero-order valence-corrected chi connectivity index (χ0v) is 9.99. The summed E-state index contributed by atoms with van der Waals surface area (Å²) in [5, 5.41) is 1.18. The number of aromatic nitrogens is 2. The first-order chi connectivity index (χ1) is 8.24. The summed E-state index contributed by atoms with van der Waals surface area (Å²) in [6.45, 7) is 4.26. The Bertz CT molecular complexity index is 660. The van der Waals surface area contributed by atoms with E-state index in [1.165, 1.54) is 27.6 Å². The summed E-state index contributed by atoms with van der Waals surface area (Å²) >= 11 is 0. The van der Waals surface area contributed by atoms with Gasteiger partial charge in [-0.3, -0.25) is 0 Å². The molecule has 0 aliphatic heterocycles. The van der Waals surface area contributed by atoms with Gasteiger partial charge in [0.05, 0.1) is 0 Å². The second kappa shape index (κ2) is 3.74. The number of benzene rings is 1. The maximum absolute atomic E-state index is 4.32. The van der Waals surface area contributed by atoms with Crippen LogP contribution in [0.2, 0.25) is 0 Å². The number of nitrogens with zero attached hydrogens (tertiary/aromatic N) is 1. The summed E-state index contributed by atoms with van der Waals surface area (Å²) in [6, 6.07) is 10.8. The van der Waals surface area contributed by atoms with Gasteiger partial charge in [-0.25, -0.2) is 4.98 Å². The number of nitrogens with one attached hydrogen (secondary N) is 1. The molecule has 2 aromatic heterocycles. The molecule has 2 heterocycles. The van der Waals surface area contributed by atoms with Gasteiger partial charge in [-0.2, -0.15) is 0 Å². The molecule has 0 radical (unpaired) electrons. The van der Waals surface area contributed by atoms with Gasteiger partial charge in [0.25, 0.3) is 0 Å².